The van der Waals surface area contributed by atoms with Crippen molar-refractivity contribution >= 4 is 27.5 Å². The summed E-state index contributed by atoms with van der Waals surface area (Å²) in [7, 11) is 0. The highest BCUT2D eigenvalue weighted by Crippen LogP contribution is 2.30. The molecule has 74 valence electrons. The third-order valence-electron chi connectivity index (χ3n) is 2.30. The van der Waals surface area contributed by atoms with Crippen LogP contribution in [0.4, 0.5) is 5.69 Å². The molecule has 1 amide bonds. The molecule has 0 saturated heterocycles. The van der Waals surface area contributed by atoms with E-state index >= 15 is 0 Å². The van der Waals surface area contributed by atoms with Crippen LogP contribution < -0.4 is 5.32 Å². The number of amides is 1. The Morgan fingerprint density at radius 1 is 1.50 bits per heavy atom. The number of anilines is 1. The number of alkyl halides is 1. The van der Waals surface area contributed by atoms with Crippen LogP contribution in [0.1, 0.15) is 18.4 Å². The predicted molar refractivity (Wildman–Crippen MR) is 60.4 cm³/mol. The molecule has 0 unspecified atom stereocenters. The molecule has 1 aliphatic rings. The highest BCUT2D eigenvalue weighted by Gasteiger charge is 2.29. The molecule has 0 heterocycles. The van der Waals surface area contributed by atoms with Crippen molar-refractivity contribution in [3.8, 4) is 0 Å². The zero-order valence-electron chi connectivity index (χ0n) is 7.79. The third kappa shape index (κ3) is 2.35. The average molecular weight is 254 g/mol. The van der Waals surface area contributed by atoms with Gasteiger partial charge in [-0.25, -0.2) is 0 Å². The summed E-state index contributed by atoms with van der Waals surface area (Å²) in [5.41, 5.74) is 2.08. The lowest BCUT2D eigenvalue weighted by Gasteiger charge is -2.04. The molecule has 1 fully saturated rings. The quantitative estimate of drug-likeness (QED) is 0.825. The molecule has 1 saturated carbocycles. The number of carbonyl (C=O) groups excluding carboxylic acids is 1. The Morgan fingerprint density at radius 3 is 2.93 bits per heavy atom. The third-order valence-corrected chi connectivity index (χ3v) is 2.94. The van der Waals surface area contributed by atoms with Crippen molar-refractivity contribution in [2.24, 2.45) is 5.92 Å². The van der Waals surface area contributed by atoms with Crippen LogP contribution in [0.15, 0.2) is 24.3 Å². The standard InChI is InChI=1S/C11H12BrNO/c12-7-8-2-1-3-10(6-8)13-11(14)9-4-5-9/h1-3,6,9H,4-5,7H2,(H,13,14). The van der Waals surface area contributed by atoms with Crippen LogP contribution in [-0.4, -0.2) is 5.91 Å². The molecule has 1 aromatic rings. The number of halogens is 1. The zero-order valence-corrected chi connectivity index (χ0v) is 9.38. The molecular formula is C11H12BrNO. The monoisotopic (exact) mass is 253 g/mol. The second-order valence-corrected chi connectivity index (χ2v) is 4.16. The van der Waals surface area contributed by atoms with Crippen molar-refractivity contribution in [1.82, 2.24) is 0 Å². The van der Waals surface area contributed by atoms with Crippen LogP contribution in [0.25, 0.3) is 0 Å². The van der Waals surface area contributed by atoms with E-state index in [-0.39, 0.29) is 11.8 Å². The Kier molecular flexibility index (Phi) is 2.87. The van der Waals surface area contributed by atoms with Gasteiger partial charge in [0.25, 0.3) is 0 Å². The molecule has 0 aliphatic heterocycles. The van der Waals surface area contributed by atoms with Crippen molar-refractivity contribution in [3.05, 3.63) is 29.8 Å². The van der Waals surface area contributed by atoms with Gasteiger partial charge in [0, 0.05) is 16.9 Å². The van der Waals surface area contributed by atoms with Gasteiger partial charge in [-0.2, -0.15) is 0 Å². The van der Waals surface area contributed by atoms with Gasteiger partial charge in [0.1, 0.15) is 0 Å². The maximum absolute atomic E-state index is 11.5. The number of rotatable bonds is 3. The van der Waals surface area contributed by atoms with Gasteiger partial charge in [0.05, 0.1) is 0 Å². The minimum absolute atomic E-state index is 0.164. The van der Waals surface area contributed by atoms with Gasteiger partial charge < -0.3 is 5.32 Å². The van der Waals surface area contributed by atoms with Crippen LogP contribution in [0.3, 0.4) is 0 Å². The van der Waals surface area contributed by atoms with Gasteiger partial charge >= 0.3 is 0 Å². The predicted octanol–water partition coefficient (Wildman–Crippen LogP) is 2.93. The highest BCUT2D eigenvalue weighted by atomic mass is 79.9. The zero-order chi connectivity index (χ0) is 9.97. The van der Waals surface area contributed by atoms with E-state index in [1.165, 1.54) is 5.56 Å². The first-order valence-corrected chi connectivity index (χ1v) is 5.87. The topological polar surface area (TPSA) is 29.1 Å². The summed E-state index contributed by atoms with van der Waals surface area (Å²) in [4.78, 5) is 11.5. The average Bonchev–Trinajstić information content (AvgIpc) is 3.01. The van der Waals surface area contributed by atoms with Crippen LogP contribution in [0.5, 0.6) is 0 Å². The van der Waals surface area contributed by atoms with Gasteiger partial charge in [-0.15, -0.1) is 0 Å². The van der Waals surface area contributed by atoms with Gasteiger partial charge in [-0.3, -0.25) is 4.79 Å². The van der Waals surface area contributed by atoms with Crippen molar-refractivity contribution < 1.29 is 4.79 Å². The van der Waals surface area contributed by atoms with E-state index in [9.17, 15) is 4.79 Å². The van der Waals surface area contributed by atoms with Crippen molar-refractivity contribution in [2.45, 2.75) is 18.2 Å². The number of nitrogens with one attached hydrogen (secondary N) is 1. The Labute approximate surface area is 91.8 Å². The fourth-order valence-electron chi connectivity index (χ4n) is 1.32. The molecule has 1 N–H and O–H groups in total. The summed E-state index contributed by atoms with van der Waals surface area (Å²) in [5.74, 6) is 0.430. The van der Waals surface area contributed by atoms with Crippen LogP contribution >= 0.6 is 15.9 Å². The molecule has 3 heteroatoms. The Morgan fingerprint density at radius 2 is 2.29 bits per heavy atom. The molecular weight excluding hydrogens is 242 g/mol. The number of carbonyl (C=O) groups is 1. The van der Waals surface area contributed by atoms with E-state index in [1.807, 2.05) is 24.3 Å². The summed E-state index contributed by atoms with van der Waals surface area (Å²) in [6.07, 6.45) is 2.09. The molecule has 2 nitrogen and oxygen atoms in total. The second kappa shape index (κ2) is 4.13. The lowest BCUT2D eigenvalue weighted by atomic mass is 10.2. The Balaban J connectivity index is 2.04. The molecule has 2 rings (SSSR count). The second-order valence-electron chi connectivity index (χ2n) is 3.60. The van der Waals surface area contributed by atoms with E-state index in [0.29, 0.717) is 0 Å². The van der Waals surface area contributed by atoms with Crippen molar-refractivity contribution in [3.63, 3.8) is 0 Å². The first kappa shape index (κ1) is 9.71. The highest BCUT2D eigenvalue weighted by molar-refractivity contribution is 9.08. The SMILES string of the molecule is O=C(Nc1cccc(CBr)c1)C1CC1. The van der Waals surface area contributed by atoms with Crippen LogP contribution in [0.2, 0.25) is 0 Å². The van der Waals surface area contributed by atoms with E-state index in [2.05, 4.69) is 21.2 Å². The van der Waals surface area contributed by atoms with E-state index in [0.717, 1.165) is 23.9 Å². The normalized spacial score (nSPS) is 15.2. The Bertz CT molecular complexity index is 347. The summed E-state index contributed by atoms with van der Waals surface area (Å²) >= 11 is 3.39. The van der Waals surface area contributed by atoms with Crippen molar-refractivity contribution in [1.29, 1.82) is 0 Å². The number of benzene rings is 1. The van der Waals surface area contributed by atoms with E-state index in [4.69, 9.17) is 0 Å². The lowest BCUT2D eigenvalue weighted by molar-refractivity contribution is -0.117. The summed E-state index contributed by atoms with van der Waals surface area (Å²) in [6, 6.07) is 7.90. The lowest BCUT2D eigenvalue weighted by Crippen LogP contribution is -2.13. The molecule has 0 atom stereocenters. The summed E-state index contributed by atoms with van der Waals surface area (Å²) in [5, 5.41) is 3.74. The minimum Gasteiger partial charge on any atom is -0.326 e. The maximum atomic E-state index is 11.5. The number of hydrogen-bond donors (Lipinski definition) is 1. The fraction of sp³-hybridized carbons (Fsp3) is 0.364. The first-order valence-electron chi connectivity index (χ1n) is 4.75. The maximum Gasteiger partial charge on any atom is 0.227 e. The number of hydrogen-bond acceptors (Lipinski definition) is 1. The van der Waals surface area contributed by atoms with Crippen LogP contribution in [-0.2, 0) is 10.1 Å². The molecule has 0 radical (unpaired) electrons. The van der Waals surface area contributed by atoms with Crippen LogP contribution in [0, 0.1) is 5.92 Å². The summed E-state index contributed by atoms with van der Waals surface area (Å²) in [6.45, 7) is 0. The first-order chi connectivity index (χ1) is 6.79. The molecule has 0 aromatic heterocycles. The van der Waals surface area contributed by atoms with Gasteiger partial charge in [-0.1, -0.05) is 28.1 Å². The molecule has 0 bridgehead atoms. The smallest absolute Gasteiger partial charge is 0.227 e. The fourth-order valence-corrected chi connectivity index (χ4v) is 1.67. The molecule has 1 aliphatic carbocycles. The van der Waals surface area contributed by atoms with E-state index < -0.39 is 0 Å². The summed E-state index contributed by atoms with van der Waals surface area (Å²) < 4.78 is 0. The molecule has 14 heavy (non-hydrogen) atoms. The molecule has 1 aromatic carbocycles. The van der Waals surface area contributed by atoms with E-state index in [1.54, 1.807) is 0 Å². The Hall–Kier alpha value is -0.830. The molecule has 0 spiro atoms. The van der Waals surface area contributed by atoms with Gasteiger partial charge in [0.15, 0.2) is 0 Å². The van der Waals surface area contributed by atoms with Gasteiger partial charge in [0.2, 0.25) is 5.91 Å². The largest absolute Gasteiger partial charge is 0.326 e. The minimum atomic E-state index is 0.164. The van der Waals surface area contributed by atoms with Crippen molar-refractivity contribution in [2.75, 3.05) is 5.32 Å². The van der Waals surface area contributed by atoms with Gasteiger partial charge in [-0.05, 0) is 30.5 Å².